The van der Waals surface area contributed by atoms with Crippen molar-refractivity contribution in [1.82, 2.24) is 9.97 Å². The number of aromatic nitrogens is 2. The first-order valence-corrected chi connectivity index (χ1v) is 5.90. The summed E-state index contributed by atoms with van der Waals surface area (Å²) < 4.78 is 0. The minimum atomic E-state index is -0.978. The van der Waals surface area contributed by atoms with Crippen LogP contribution < -0.4 is 5.32 Å². The van der Waals surface area contributed by atoms with Crippen molar-refractivity contribution >= 4 is 11.9 Å². The van der Waals surface area contributed by atoms with Gasteiger partial charge in [0, 0.05) is 12.7 Å². The summed E-state index contributed by atoms with van der Waals surface area (Å²) in [5.74, 6) is -0.406. The Kier molecular flexibility index (Phi) is 4.87. The number of carbonyl (C=O) groups is 1. The van der Waals surface area contributed by atoms with E-state index in [9.17, 15) is 4.79 Å². The van der Waals surface area contributed by atoms with Crippen LogP contribution in [0.25, 0.3) is 0 Å². The van der Waals surface area contributed by atoms with Gasteiger partial charge in [-0.15, -0.1) is 0 Å². The molecule has 5 heteroatoms. The highest BCUT2D eigenvalue weighted by atomic mass is 16.4. The van der Waals surface area contributed by atoms with Crippen molar-refractivity contribution < 1.29 is 9.90 Å². The predicted molar refractivity (Wildman–Crippen MR) is 66.5 cm³/mol. The van der Waals surface area contributed by atoms with E-state index < -0.39 is 5.97 Å². The van der Waals surface area contributed by atoms with Gasteiger partial charge >= 0.3 is 5.97 Å². The summed E-state index contributed by atoms with van der Waals surface area (Å²) in [4.78, 5) is 19.3. The zero-order chi connectivity index (χ0) is 12.8. The molecule has 1 heterocycles. The number of carboxylic acid groups (broad SMARTS) is 1. The molecule has 0 aromatic carbocycles. The summed E-state index contributed by atoms with van der Waals surface area (Å²) in [5.41, 5.74) is 0.757. The second kappa shape index (κ2) is 6.18. The number of nitrogens with zero attached hydrogens (tertiary/aromatic N) is 2. The number of rotatable bonds is 6. The summed E-state index contributed by atoms with van der Waals surface area (Å²) in [5, 5.41) is 12.1. The predicted octanol–water partition coefficient (Wildman–Crippen LogP) is 2.51. The number of anilines is 1. The summed E-state index contributed by atoms with van der Waals surface area (Å²) in [6.45, 7) is 6.76. The molecule has 0 atom stereocenters. The van der Waals surface area contributed by atoms with Gasteiger partial charge in [0.2, 0.25) is 5.95 Å². The number of carboxylic acids is 1. The molecule has 0 saturated heterocycles. The Morgan fingerprint density at radius 3 is 2.76 bits per heavy atom. The van der Waals surface area contributed by atoms with Gasteiger partial charge in [-0.25, -0.2) is 14.8 Å². The van der Waals surface area contributed by atoms with Gasteiger partial charge in [0.15, 0.2) is 0 Å². The molecule has 1 rings (SSSR count). The highest BCUT2D eigenvalue weighted by Gasteiger charge is 2.15. The van der Waals surface area contributed by atoms with Crippen molar-refractivity contribution in [2.75, 3.05) is 11.9 Å². The number of hydrogen-bond acceptors (Lipinski definition) is 4. The molecule has 0 aliphatic carbocycles. The Bertz CT molecular complexity index is 391. The second-order valence-corrected chi connectivity index (χ2v) is 4.23. The second-order valence-electron chi connectivity index (χ2n) is 4.23. The van der Waals surface area contributed by atoms with Crippen molar-refractivity contribution in [3.63, 3.8) is 0 Å². The minimum Gasteiger partial charge on any atom is -0.478 e. The van der Waals surface area contributed by atoms with Crippen molar-refractivity contribution in [3.8, 4) is 0 Å². The fourth-order valence-corrected chi connectivity index (χ4v) is 1.46. The highest BCUT2D eigenvalue weighted by molar-refractivity contribution is 5.88. The lowest BCUT2D eigenvalue weighted by Gasteiger charge is -2.10. The van der Waals surface area contributed by atoms with Crippen molar-refractivity contribution in [2.24, 2.45) is 0 Å². The first kappa shape index (κ1) is 13.4. The zero-order valence-electron chi connectivity index (χ0n) is 10.5. The molecule has 1 aromatic heterocycles. The smallest absolute Gasteiger partial charge is 0.339 e. The molecule has 2 N–H and O–H groups in total. The third kappa shape index (κ3) is 3.69. The maximum absolute atomic E-state index is 11.0. The normalized spacial score (nSPS) is 10.6. The van der Waals surface area contributed by atoms with Crippen LogP contribution in [0.3, 0.4) is 0 Å². The lowest BCUT2D eigenvalue weighted by Crippen LogP contribution is -2.12. The third-order valence-corrected chi connectivity index (χ3v) is 2.41. The van der Waals surface area contributed by atoms with E-state index in [1.54, 1.807) is 0 Å². The average molecular weight is 237 g/mol. The lowest BCUT2D eigenvalue weighted by atomic mass is 10.1. The van der Waals surface area contributed by atoms with Crippen molar-refractivity contribution in [3.05, 3.63) is 17.5 Å². The van der Waals surface area contributed by atoms with Crippen LogP contribution in [-0.4, -0.2) is 27.6 Å². The quantitative estimate of drug-likeness (QED) is 0.743. The van der Waals surface area contributed by atoms with Crippen LogP contribution in [0.4, 0.5) is 5.95 Å². The van der Waals surface area contributed by atoms with Crippen LogP contribution in [0.15, 0.2) is 6.20 Å². The molecule has 94 valence electrons. The molecule has 0 saturated carbocycles. The zero-order valence-corrected chi connectivity index (χ0v) is 10.5. The standard InChI is InChI=1S/C12H19N3O2/c1-4-5-6-13-12-14-7-9(11(16)17)10(15-12)8(2)3/h7-8H,4-6H2,1-3H3,(H,16,17)(H,13,14,15). The summed E-state index contributed by atoms with van der Waals surface area (Å²) >= 11 is 0. The topological polar surface area (TPSA) is 75.1 Å². The monoisotopic (exact) mass is 237 g/mol. The molecule has 0 bridgehead atoms. The van der Waals surface area contributed by atoms with Gasteiger partial charge in [-0.2, -0.15) is 0 Å². The lowest BCUT2D eigenvalue weighted by molar-refractivity contribution is 0.0694. The Labute approximate surface area is 101 Å². The minimum absolute atomic E-state index is 0.0656. The van der Waals surface area contributed by atoms with E-state index in [1.807, 2.05) is 13.8 Å². The van der Waals surface area contributed by atoms with Crippen LogP contribution in [0, 0.1) is 0 Å². The number of unbranched alkanes of at least 4 members (excludes halogenated alkanes) is 1. The van der Waals surface area contributed by atoms with Gasteiger partial charge in [0.25, 0.3) is 0 Å². The van der Waals surface area contributed by atoms with Gasteiger partial charge < -0.3 is 10.4 Å². The van der Waals surface area contributed by atoms with Crippen molar-refractivity contribution in [1.29, 1.82) is 0 Å². The first-order valence-electron chi connectivity index (χ1n) is 5.90. The van der Waals surface area contributed by atoms with E-state index in [0.29, 0.717) is 11.6 Å². The molecule has 0 unspecified atom stereocenters. The fraction of sp³-hybridized carbons (Fsp3) is 0.583. The van der Waals surface area contributed by atoms with Gasteiger partial charge in [0.1, 0.15) is 0 Å². The van der Waals surface area contributed by atoms with E-state index in [0.717, 1.165) is 19.4 Å². The molecule has 17 heavy (non-hydrogen) atoms. The molecule has 0 radical (unpaired) electrons. The number of nitrogens with one attached hydrogen (secondary N) is 1. The molecule has 0 amide bonds. The van der Waals surface area contributed by atoms with Crippen LogP contribution in [-0.2, 0) is 0 Å². The van der Waals surface area contributed by atoms with Gasteiger partial charge in [-0.05, 0) is 12.3 Å². The van der Waals surface area contributed by atoms with E-state index >= 15 is 0 Å². The molecule has 0 aliphatic rings. The van der Waals surface area contributed by atoms with Gasteiger partial charge in [0.05, 0.1) is 11.3 Å². The number of aromatic carboxylic acids is 1. The van der Waals surface area contributed by atoms with Crippen molar-refractivity contribution in [2.45, 2.75) is 39.5 Å². The summed E-state index contributed by atoms with van der Waals surface area (Å²) in [7, 11) is 0. The molecule has 5 nitrogen and oxygen atoms in total. The average Bonchev–Trinajstić information content (AvgIpc) is 2.29. The highest BCUT2D eigenvalue weighted by Crippen LogP contribution is 2.18. The Morgan fingerprint density at radius 1 is 1.53 bits per heavy atom. The first-order chi connectivity index (χ1) is 8.06. The third-order valence-electron chi connectivity index (χ3n) is 2.41. The maximum atomic E-state index is 11.0. The molecule has 1 aromatic rings. The largest absolute Gasteiger partial charge is 0.478 e. The van der Waals surface area contributed by atoms with Crippen LogP contribution in [0.2, 0.25) is 0 Å². The van der Waals surface area contributed by atoms with E-state index in [-0.39, 0.29) is 11.5 Å². The Morgan fingerprint density at radius 2 is 2.24 bits per heavy atom. The molecule has 0 spiro atoms. The SMILES string of the molecule is CCCCNc1ncc(C(=O)O)c(C(C)C)n1. The van der Waals surface area contributed by atoms with E-state index in [1.165, 1.54) is 6.20 Å². The summed E-state index contributed by atoms with van der Waals surface area (Å²) in [6.07, 6.45) is 3.51. The van der Waals surface area contributed by atoms with E-state index in [2.05, 4.69) is 22.2 Å². The van der Waals surface area contributed by atoms with Crippen LogP contribution >= 0.6 is 0 Å². The van der Waals surface area contributed by atoms with Crippen LogP contribution in [0.5, 0.6) is 0 Å². The van der Waals surface area contributed by atoms with E-state index in [4.69, 9.17) is 5.11 Å². The van der Waals surface area contributed by atoms with Gasteiger partial charge in [-0.3, -0.25) is 0 Å². The molecule has 0 aliphatic heterocycles. The Hall–Kier alpha value is -1.65. The van der Waals surface area contributed by atoms with Gasteiger partial charge in [-0.1, -0.05) is 27.2 Å². The van der Waals surface area contributed by atoms with Crippen LogP contribution in [0.1, 0.15) is 55.6 Å². The molecular weight excluding hydrogens is 218 g/mol. The molecular formula is C12H19N3O2. The fourth-order valence-electron chi connectivity index (χ4n) is 1.46. The maximum Gasteiger partial charge on any atom is 0.339 e. The summed E-state index contributed by atoms with van der Waals surface area (Å²) in [6, 6.07) is 0. The Balaban J connectivity index is 2.90. The molecule has 0 fully saturated rings. The number of hydrogen-bond donors (Lipinski definition) is 2.